The minimum Gasteiger partial charge on any atom is -0.507 e. The number of halogens is 4. The van der Waals surface area contributed by atoms with Gasteiger partial charge in [0, 0.05) is 16.6 Å². The second-order valence-electron chi connectivity index (χ2n) is 9.76. The van der Waals surface area contributed by atoms with Crippen LogP contribution in [0.3, 0.4) is 0 Å². The summed E-state index contributed by atoms with van der Waals surface area (Å²) in [7, 11) is 0. The number of carbonyl (C=O) groups excluding carboxylic acids is 1. The molecule has 1 fully saturated rings. The molecule has 3 N–H and O–H groups in total. The van der Waals surface area contributed by atoms with Crippen LogP contribution < -0.4 is 15.4 Å². The Kier molecular flexibility index (Phi) is 6.79. The lowest BCUT2D eigenvalue weighted by Crippen LogP contribution is -2.67. The molecule has 2 aromatic heterocycles. The zero-order valence-electron chi connectivity index (χ0n) is 20.1. The van der Waals surface area contributed by atoms with Crippen LogP contribution in [0.5, 0.6) is 11.5 Å². The number of anilines is 1. The Morgan fingerprint density at radius 1 is 1.22 bits per heavy atom. The van der Waals surface area contributed by atoms with Crippen molar-refractivity contribution >= 4 is 23.5 Å². The van der Waals surface area contributed by atoms with Crippen LogP contribution >= 0.6 is 11.5 Å². The highest BCUT2D eigenvalue weighted by Gasteiger charge is 2.46. The molecule has 15 heteroatoms. The van der Waals surface area contributed by atoms with E-state index in [0.717, 1.165) is 23.8 Å². The van der Waals surface area contributed by atoms with Crippen molar-refractivity contribution in [1.29, 1.82) is 0 Å². The van der Waals surface area contributed by atoms with E-state index in [-0.39, 0.29) is 33.3 Å². The number of alkyl halides is 4. The molecule has 0 bridgehead atoms. The van der Waals surface area contributed by atoms with E-state index in [4.69, 9.17) is 0 Å². The maximum Gasteiger partial charge on any atom is 0.491 e. The lowest BCUT2D eigenvalue weighted by molar-refractivity contribution is -0.189. The van der Waals surface area contributed by atoms with E-state index in [1.807, 2.05) is 13.8 Å². The second-order valence-corrected chi connectivity index (χ2v) is 10.5. The van der Waals surface area contributed by atoms with E-state index in [1.165, 1.54) is 12.4 Å². The van der Waals surface area contributed by atoms with Gasteiger partial charge in [0.15, 0.2) is 0 Å². The summed E-state index contributed by atoms with van der Waals surface area (Å²) in [6.45, 7) is 7.37. The predicted octanol–water partition coefficient (Wildman–Crippen LogP) is 3.90. The molecule has 1 saturated heterocycles. The number of carbonyl (C=O) groups is 1. The molecule has 2 atom stereocenters. The topological polar surface area (TPSA) is 135 Å². The zero-order chi connectivity index (χ0) is 27.2. The molecule has 0 spiro atoms. The van der Waals surface area contributed by atoms with E-state index < -0.39 is 41.4 Å². The summed E-state index contributed by atoms with van der Waals surface area (Å²) >= 11 is 0.919. The summed E-state index contributed by atoms with van der Waals surface area (Å²) in [5.41, 5.74) is -1.57. The fraction of sp³-hybridized carbons (Fsp3) is 0.455. The van der Waals surface area contributed by atoms with Crippen LogP contribution in [0.15, 0.2) is 24.7 Å². The largest absolute Gasteiger partial charge is 0.507 e. The lowest BCUT2D eigenvalue weighted by atomic mass is 9.78. The summed E-state index contributed by atoms with van der Waals surface area (Å²) in [6, 6.07) is 1.66. The zero-order valence-corrected chi connectivity index (χ0v) is 20.9. The SMILES string of the molecule is CC1(C)C[C@H](Nc2ncc(-c3c(O)cc(-c4ncns4)cc3OC(=O)C(F)(F)F)nn2)[C@H](F)C(C)(C)N1. The van der Waals surface area contributed by atoms with Gasteiger partial charge in [0.25, 0.3) is 0 Å². The summed E-state index contributed by atoms with van der Waals surface area (Å²) in [5, 5.41) is 24.9. The van der Waals surface area contributed by atoms with E-state index in [9.17, 15) is 23.1 Å². The van der Waals surface area contributed by atoms with Crippen molar-refractivity contribution in [3.8, 4) is 33.3 Å². The van der Waals surface area contributed by atoms with Gasteiger partial charge < -0.3 is 20.5 Å². The standard InChI is InChI=1S/C22H23F4N7O3S/c1-20(2)7-11(16(23)21(3,4)33-20)30-19-27-8-12(31-32-19)15-13(34)5-10(17-28-9-29-37-17)6-14(15)36-18(35)22(24,25)26/h5-6,8-9,11,16,33-34H,7H2,1-4H3,(H,27,30,32)/t11-,16-/m0/s1. The summed E-state index contributed by atoms with van der Waals surface area (Å²) in [5.74, 6) is -3.70. The molecular formula is C22H23F4N7O3S. The number of hydrogen-bond acceptors (Lipinski definition) is 11. The number of nitrogens with zero attached hydrogens (tertiary/aromatic N) is 5. The quantitative estimate of drug-likeness (QED) is 0.248. The fourth-order valence-corrected chi connectivity index (χ4v) is 4.93. The highest BCUT2D eigenvalue weighted by Crippen LogP contribution is 2.41. The van der Waals surface area contributed by atoms with Crippen molar-refractivity contribution in [1.82, 2.24) is 29.9 Å². The number of ether oxygens (including phenoxy) is 1. The van der Waals surface area contributed by atoms with Crippen molar-refractivity contribution < 1.29 is 32.2 Å². The van der Waals surface area contributed by atoms with Gasteiger partial charge in [-0.15, -0.1) is 10.2 Å². The third kappa shape index (κ3) is 5.77. The number of aromatic nitrogens is 5. The predicted molar refractivity (Wildman–Crippen MR) is 126 cm³/mol. The molecule has 1 aliphatic rings. The van der Waals surface area contributed by atoms with Crippen LogP contribution in [0, 0.1) is 0 Å². The Labute approximate surface area is 212 Å². The number of phenols is 1. The Balaban J connectivity index is 1.66. The van der Waals surface area contributed by atoms with Crippen molar-refractivity contribution in [3.05, 3.63) is 24.7 Å². The maximum atomic E-state index is 15.1. The molecular weight excluding hydrogens is 518 g/mol. The van der Waals surface area contributed by atoms with Gasteiger partial charge in [0.2, 0.25) is 5.95 Å². The highest BCUT2D eigenvalue weighted by molar-refractivity contribution is 7.09. The molecule has 1 aromatic carbocycles. The number of nitrogens with one attached hydrogen (secondary N) is 2. The molecule has 198 valence electrons. The van der Waals surface area contributed by atoms with Gasteiger partial charge >= 0.3 is 12.1 Å². The molecule has 0 unspecified atom stereocenters. The first-order valence-electron chi connectivity index (χ1n) is 11.0. The van der Waals surface area contributed by atoms with E-state index in [0.29, 0.717) is 6.42 Å². The third-order valence-corrected chi connectivity index (χ3v) is 6.40. The molecule has 37 heavy (non-hydrogen) atoms. The van der Waals surface area contributed by atoms with Crippen LogP contribution in [0.25, 0.3) is 21.8 Å². The first-order valence-corrected chi connectivity index (χ1v) is 11.8. The van der Waals surface area contributed by atoms with Crippen molar-refractivity contribution in [2.75, 3.05) is 5.32 Å². The highest BCUT2D eigenvalue weighted by atomic mass is 32.1. The maximum absolute atomic E-state index is 15.1. The molecule has 0 aliphatic carbocycles. The lowest BCUT2D eigenvalue weighted by Gasteiger charge is -2.48. The van der Waals surface area contributed by atoms with Crippen LogP contribution in [0.2, 0.25) is 0 Å². The molecule has 0 saturated carbocycles. The van der Waals surface area contributed by atoms with Gasteiger partial charge in [-0.2, -0.15) is 17.5 Å². The van der Waals surface area contributed by atoms with Crippen molar-refractivity contribution in [3.63, 3.8) is 0 Å². The summed E-state index contributed by atoms with van der Waals surface area (Å²) < 4.78 is 62.2. The Morgan fingerprint density at radius 2 is 1.95 bits per heavy atom. The molecule has 10 nitrogen and oxygen atoms in total. The first-order chi connectivity index (χ1) is 17.2. The number of hydrogen-bond donors (Lipinski definition) is 3. The summed E-state index contributed by atoms with van der Waals surface area (Å²) in [4.78, 5) is 19.6. The Hall–Kier alpha value is -3.46. The average Bonchev–Trinajstić information content (AvgIpc) is 3.31. The second kappa shape index (κ2) is 9.45. The summed E-state index contributed by atoms with van der Waals surface area (Å²) in [6.07, 6.45) is -3.84. The first kappa shape index (κ1) is 26.6. The van der Waals surface area contributed by atoms with Gasteiger partial charge in [-0.05, 0) is 57.8 Å². The molecule has 0 amide bonds. The van der Waals surface area contributed by atoms with Gasteiger partial charge in [-0.25, -0.2) is 19.2 Å². The van der Waals surface area contributed by atoms with E-state index in [1.54, 1.807) is 13.8 Å². The van der Waals surface area contributed by atoms with Gasteiger partial charge in [-0.1, -0.05) is 0 Å². The van der Waals surface area contributed by atoms with E-state index in [2.05, 4.69) is 39.9 Å². The Bertz CT molecular complexity index is 1280. The number of piperidine rings is 1. The van der Waals surface area contributed by atoms with Crippen molar-refractivity contribution in [2.24, 2.45) is 0 Å². The normalized spacial score (nSPS) is 20.9. The van der Waals surface area contributed by atoms with E-state index >= 15 is 4.39 Å². The van der Waals surface area contributed by atoms with Crippen LogP contribution in [0.4, 0.5) is 23.5 Å². The molecule has 4 rings (SSSR count). The van der Waals surface area contributed by atoms with Crippen LogP contribution in [-0.4, -0.2) is 65.1 Å². The monoisotopic (exact) mass is 541 g/mol. The number of rotatable bonds is 5. The van der Waals surface area contributed by atoms with Gasteiger partial charge in [0.1, 0.15) is 34.7 Å². The van der Waals surface area contributed by atoms with Gasteiger partial charge in [0.05, 0.1) is 17.8 Å². The Morgan fingerprint density at radius 3 is 2.54 bits per heavy atom. The van der Waals surface area contributed by atoms with Crippen molar-refractivity contribution in [2.45, 2.75) is 63.6 Å². The molecule has 0 radical (unpaired) electrons. The van der Waals surface area contributed by atoms with Crippen LogP contribution in [0.1, 0.15) is 34.1 Å². The molecule has 1 aliphatic heterocycles. The van der Waals surface area contributed by atoms with Gasteiger partial charge in [-0.3, -0.25) is 0 Å². The molecule has 3 aromatic rings. The average molecular weight is 542 g/mol. The smallest absolute Gasteiger partial charge is 0.491 e. The number of esters is 1. The third-order valence-electron chi connectivity index (χ3n) is 5.69. The van der Waals surface area contributed by atoms with Crippen LogP contribution in [-0.2, 0) is 4.79 Å². The molecule has 3 heterocycles. The number of benzene rings is 1. The minimum absolute atomic E-state index is 0.0243. The minimum atomic E-state index is -5.29. The fourth-order valence-electron chi connectivity index (χ4n) is 4.41. The number of phenolic OH excluding ortho intramolecular Hbond substituents is 1. The number of aromatic hydroxyl groups is 1.